The van der Waals surface area contributed by atoms with Gasteiger partial charge < -0.3 is 19.5 Å². The molecule has 0 atom stereocenters. The van der Waals surface area contributed by atoms with Crippen LogP contribution in [-0.4, -0.2) is 52.1 Å². The normalized spacial score (nSPS) is 13.1. The Kier molecular flexibility index (Phi) is 7.76. The Balaban J connectivity index is 1.66. The molecule has 0 fully saturated rings. The lowest BCUT2D eigenvalue weighted by molar-refractivity contribution is 0.0998. The Morgan fingerprint density at radius 2 is 1.70 bits per heavy atom. The molecular weight excluding hydrogens is 382 g/mol. The third kappa shape index (κ3) is 5.14. The summed E-state index contributed by atoms with van der Waals surface area (Å²) in [4.78, 5) is 25.9. The average Bonchev–Trinajstić information content (AvgIpc) is 2.78. The molecule has 0 saturated heterocycles. The number of rotatable bonds is 11. The van der Waals surface area contributed by atoms with E-state index in [1.807, 2.05) is 0 Å². The summed E-state index contributed by atoms with van der Waals surface area (Å²) in [6.07, 6.45) is 3.20. The molecule has 0 aliphatic heterocycles. The van der Waals surface area contributed by atoms with E-state index < -0.39 is 0 Å². The number of unbranched alkanes of at least 4 members (excludes halogenated alkanes) is 1. The maximum Gasteiger partial charge on any atom is 0.194 e. The monoisotopic (exact) mass is 409 g/mol. The second-order valence-corrected chi connectivity index (χ2v) is 6.96. The van der Waals surface area contributed by atoms with Gasteiger partial charge in [-0.25, -0.2) is 0 Å². The molecule has 1 aliphatic rings. The molecule has 158 valence electrons. The SMILES string of the molecule is COCCNCCCCOc1cccc2c1C(=O)C=C(c1ccc(OC)cc1)C2=O. The van der Waals surface area contributed by atoms with Gasteiger partial charge in [-0.1, -0.05) is 24.3 Å². The molecule has 1 aliphatic carbocycles. The van der Waals surface area contributed by atoms with Crippen molar-refractivity contribution >= 4 is 17.1 Å². The molecule has 0 spiro atoms. The highest BCUT2D eigenvalue weighted by molar-refractivity contribution is 6.39. The fourth-order valence-corrected chi connectivity index (χ4v) is 3.33. The van der Waals surface area contributed by atoms with E-state index in [-0.39, 0.29) is 11.6 Å². The molecule has 30 heavy (non-hydrogen) atoms. The maximum absolute atomic E-state index is 13.0. The second kappa shape index (κ2) is 10.7. The average molecular weight is 409 g/mol. The molecule has 0 heterocycles. The van der Waals surface area contributed by atoms with Crippen LogP contribution in [0.15, 0.2) is 48.5 Å². The minimum atomic E-state index is -0.216. The molecule has 0 aromatic heterocycles. The Labute approximate surface area is 176 Å². The molecule has 6 nitrogen and oxygen atoms in total. The minimum absolute atomic E-state index is 0.178. The van der Waals surface area contributed by atoms with Gasteiger partial charge in [-0.05, 0) is 49.2 Å². The molecule has 0 bridgehead atoms. The fourth-order valence-electron chi connectivity index (χ4n) is 3.33. The van der Waals surface area contributed by atoms with Crippen molar-refractivity contribution in [3.8, 4) is 11.5 Å². The number of ketones is 2. The van der Waals surface area contributed by atoms with Crippen LogP contribution in [0, 0.1) is 0 Å². The number of carbonyl (C=O) groups excluding carboxylic acids is 2. The highest BCUT2D eigenvalue weighted by atomic mass is 16.5. The summed E-state index contributed by atoms with van der Waals surface area (Å²) < 4.78 is 16.0. The van der Waals surface area contributed by atoms with Gasteiger partial charge in [0.2, 0.25) is 0 Å². The number of allylic oxidation sites excluding steroid dienone is 2. The summed E-state index contributed by atoms with van der Waals surface area (Å²) in [5.41, 5.74) is 1.80. The fraction of sp³-hybridized carbons (Fsp3) is 0.333. The quantitative estimate of drug-likeness (QED) is 0.572. The van der Waals surface area contributed by atoms with Crippen LogP contribution in [0.2, 0.25) is 0 Å². The van der Waals surface area contributed by atoms with Gasteiger partial charge in [0.25, 0.3) is 0 Å². The number of ether oxygens (including phenoxy) is 3. The first-order valence-electron chi connectivity index (χ1n) is 10.1. The number of hydrogen-bond donors (Lipinski definition) is 1. The number of fused-ring (bicyclic) bond motifs is 1. The summed E-state index contributed by atoms with van der Waals surface area (Å²) in [5.74, 6) is 0.761. The topological polar surface area (TPSA) is 73.9 Å². The first kappa shape index (κ1) is 21.7. The summed E-state index contributed by atoms with van der Waals surface area (Å²) in [5, 5.41) is 3.28. The molecule has 2 aromatic rings. The van der Waals surface area contributed by atoms with Crippen LogP contribution in [0.25, 0.3) is 5.57 Å². The highest BCUT2D eigenvalue weighted by Gasteiger charge is 2.29. The molecule has 0 saturated carbocycles. The van der Waals surface area contributed by atoms with Crippen LogP contribution in [0.3, 0.4) is 0 Å². The van der Waals surface area contributed by atoms with E-state index in [1.54, 1.807) is 56.7 Å². The van der Waals surface area contributed by atoms with Crippen molar-refractivity contribution in [2.45, 2.75) is 12.8 Å². The zero-order chi connectivity index (χ0) is 21.3. The lowest BCUT2D eigenvalue weighted by atomic mass is 9.86. The molecule has 1 N–H and O–H groups in total. The van der Waals surface area contributed by atoms with Crippen molar-refractivity contribution in [1.82, 2.24) is 5.32 Å². The predicted molar refractivity (Wildman–Crippen MR) is 116 cm³/mol. The molecule has 3 rings (SSSR count). The zero-order valence-corrected chi connectivity index (χ0v) is 17.4. The van der Waals surface area contributed by atoms with Crippen molar-refractivity contribution < 1.29 is 23.8 Å². The van der Waals surface area contributed by atoms with E-state index in [4.69, 9.17) is 14.2 Å². The van der Waals surface area contributed by atoms with E-state index in [0.29, 0.717) is 47.0 Å². The van der Waals surface area contributed by atoms with Crippen LogP contribution in [0.1, 0.15) is 39.1 Å². The molecule has 0 amide bonds. The Morgan fingerprint density at radius 3 is 2.43 bits per heavy atom. The Morgan fingerprint density at radius 1 is 0.900 bits per heavy atom. The number of hydrogen-bond acceptors (Lipinski definition) is 6. The van der Waals surface area contributed by atoms with Crippen molar-refractivity contribution in [3.05, 3.63) is 65.2 Å². The minimum Gasteiger partial charge on any atom is -0.497 e. The van der Waals surface area contributed by atoms with E-state index in [2.05, 4.69) is 5.32 Å². The summed E-state index contributed by atoms with van der Waals surface area (Å²) in [6.45, 7) is 2.88. The van der Waals surface area contributed by atoms with E-state index in [0.717, 1.165) is 25.9 Å². The predicted octanol–water partition coefficient (Wildman–Crippen LogP) is 3.55. The van der Waals surface area contributed by atoms with Gasteiger partial charge in [-0.15, -0.1) is 0 Å². The molecular formula is C24H27NO5. The van der Waals surface area contributed by atoms with Crippen molar-refractivity contribution in [3.63, 3.8) is 0 Å². The van der Waals surface area contributed by atoms with E-state index in [1.165, 1.54) is 6.08 Å². The van der Waals surface area contributed by atoms with Crippen LogP contribution >= 0.6 is 0 Å². The van der Waals surface area contributed by atoms with Crippen LogP contribution in [0.5, 0.6) is 11.5 Å². The van der Waals surface area contributed by atoms with E-state index in [9.17, 15) is 9.59 Å². The van der Waals surface area contributed by atoms with Gasteiger partial charge in [-0.2, -0.15) is 0 Å². The van der Waals surface area contributed by atoms with Crippen LogP contribution in [0.4, 0.5) is 0 Å². The van der Waals surface area contributed by atoms with Crippen molar-refractivity contribution in [1.29, 1.82) is 0 Å². The van der Waals surface area contributed by atoms with Crippen molar-refractivity contribution in [2.75, 3.05) is 40.5 Å². The smallest absolute Gasteiger partial charge is 0.194 e. The number of Topliss-reactive ketones (excluding diaryl/α,β-unsaturated/α-hetero) is 1. The molecule has 0 unspecified atom stereocenters. The number of carbonyl (C=O) groups is 2. The first-order valence-corrected chi connectivity index (χ1v) is 10.1. The third-order valence-corrected chi connectivity index (χ3v) is 4.93. The van der Waals surface area contributed by atoms with Crippen molar-refractivity contribution in [2.24, 2.45) is 0 Å². The Bertz CT molecular complexity index is 918. The number of benzene rings is 2. The van der Waals surface area contributed by atoms with Gasteiger partial charge in [0.1, 0.15) is 11.5 Å². The summed E-state index contributed by atoms with van der Waals surface area (Å²) >= 11 is 0. The van der Waals surface area contributed by atoms with Gasteiger partial charge in [-0.3, -0.25) is 9.59 Å². The standard InChI is InChI=1S/C24H27NO5/c1-28-15-13-25-12-3-4-14-30-22-7-5-6-19-23(22)21(26)16-20(24(19)27)17-8-10-18(29-2)11-9-17/h5-11,16,25H,3-4,12-15H2,1-2H3. The summed E-state index contributed by atoms with van der Waals surface area (Å²) in [6, 6.07) is 12.3. The van der Waals surface area contributed by atoms with Gasteiger partial charge in [0, 0.05) is 24.8 Å². The van der Waals surface area contributed by atoms with Crippen LogP contribution < -0.4 is 14.8 Å². The van der Waals surface area contributed by atoms with Gasteiger partial charge in [0.05, 0.1) is 25.9 Å². The molecule has 6 heteroatoms. The Hall–Kier alpha value is -2.96. The largest absolute Gasteiger partial charge is 0.497 e. The van der Waals surface area contributed by atoms with Crippen LogP contribution in [-0.2, 0) is 4.74 Å². The third-order valence-electron chi connectivity index (χ3n) is 4.93. The lowest BCUT2D eigenvalue weighted by Crippen LogP contribution is -2.21. The van der Waals surface area contributed by atoms with Gasteiger partial charge >= 0.3 is 0 Å². The number of methoxy groups -OCH3 is 2. The summed E-state index contributed by atoms with van der Waals surface area (Å²) in [7, 11) is 3.26. The second-order valence-electron chi connectivity index (χ2n) is 6.96. The zero-order valence-electron chi connectivity index (χ0n) is 17.4. The van der Waals surface area contributed by atoms with Gasteiger partial charge in [0.15, 0.2) is 11.6 Å². The number of nitrogens with one attached hydrogen (secondary N) is 1. The molecule has 2 aromatic carbocycles. The molecule has 0 radical (unpaired) electrons. The highest BCUT2D eigenvalue weighted by Crippen LogP contribution is 2.33. The van der Waals surface area contributed by atoms with E-state index >= 15 is 0 Å². The first-order chi connectivity index (χ1) is 14.7. The maximum atomic E-state index is 13.0. The lowest BCUT2D eigenvalue weighted by Gasteiger charge is -2.18.